The van der Waals surface area contributed by atoms with Gasteiger partial charge in [-0.25, -0.2) is 0 Å². The van der Waals surface area contributed by atoms with E-state index in [9.17, 15) is 0 Å². The van der Waals surface area contributed by atoms with E-state index >= 15 is 0 Å². The molecular formula is C21H29N. The molecule has 0 atom stereocenters. The van der Waals surface area contributed by atoms with E-state index in [1.807, 2.05) is 6.20 Å². The molecule has 22 heavy (non-hydrogen) atoms. The Morgan fingerprint density at radius 2 is 1.59 bits per heavy atom. The molecule has 1 nitrogen and oxygen atoms in total. The van der Waals surface area contributed by atoms with Crippen molar-refractivity contribution in [3.05, 3.63) is 54.7 Å². The topological polar surface area (TPSA) is 4.93 Å². The van der Waals surface area contributed by atoms with Crippen LogP contribution in [0.2, 0.25) is 0 Å². The first-order valence-electron chi connectivity index (χ1n) is 8.74. The zero-order valence-electron chi connectivity index (χ0n) is 13.9. The number of nitrogens with zero attached hydrogens (tertiary/aromatic N) is 1. The minimum absolute atomic E-state index is 1.17. The van der Waals surface area contributed by atoms with Crippen LogP contribution >= 0.6 is 0 Å². The van der Waals surface area contributed by atoms with Crippen LogP contribution in [0.3, 0.4) is 0 Å². The van der Waals surface area contributed by atoms with Crippen molar-refractivity contribution in [2.24, 2.45) is 0 Å². The molecule has 0 aliphatic carbocycles. The summed E-state index contributed by atoms with van der Waals surface area (Å²) < 4.78 is 2.14. The molecule has 1 aromatic carbocycles. The van der Waals surface area contributed by atoms with E-state index in [0.29, 0.717) is 0 Å². The summed E-state index contributed by atoms with van der Waals surface area (Å²) in [6.45, 7) is 6.20. The zero-order valence-corrected chi connectivity index (χ0v) is 13.9. The van der Waals surface area contributed by atoms with E-state index in [0.717, 1.165) is 0 Å². The van der Waals surface area contributed by atoms with Gasteiger partial charge in [-0.05, 0) is 30.0 Å². The molecule has 1 heteroatoms. The molecule has 1 aromatic heterocycles. The second-order valence-corrected chi connectivity index (χ2v) is 6.02. The highest BCUT2D eigenvalue weighted by Gasteiger charge is 2.09. The maximum absolute atomic E-state index is 3.93. The maximum atomic E-state index is 3.93. The van der Waals surface area contributed by atoms with Gasteiger partial charge in [-0.3, -0.25) is 0 Å². The lowest BCUT2D eigenvalue weighted by Crippen LogP contribution is -1.93. The molecule has 2 aromatic rings. The van der Waals surface area contributed by atoms with Gasteiger partial charge in [0.05, 0.1) is 5.69 Å². The highest BCUT2D eigenvalue weighted by atomic mass is 14.9. The second kappa shape index (κ2) is 9.30. The van der Waals surface area contributed by atoms with Crippen LogP contribution in [0.15, 0.2) is 49.2 Å². The number of aryl methyl sites for hydroxylation is 1. The van der Waals surface area contributed by atoms with E-state index < -0.39 is 0 Å². The summed E-state index contributed by atoms with van der Waals surface area (Å²) >= 11 is 0. The average Bonchev–Trinajstić information content (AvgIpc) is 2.98. The average molecular weight is 295 g/mol. The van der Waals surface area contributed by atoms with Gasteiger partial charge in [0.1, 0.15) is 0 Å². The number of hydrogen-bond donors (Lipinski definition) is 0. The normalized spacial score (nSPS) is 10.8. The largest absolute Gasteiger partial charge is 0.324 e. The molecule has 0 spiro atoms. The molecule has 0 saturated heterocycles. The van der Waals surface area contributed by atoms with E-state index in [1.165, 1.54) is 68.2 Å². The van der Waals surface area contributed by atoms with E-state index in [1.54, 1.807) is 0 Å². The fourth-order valence-corrected chi connectivity index (χ4v) is 3.05. The lowest BCUT2D eigenvalue weighted by Gasteiger charge is -2.08. The van der Waals surface area contributed by atoms with Crippen LogP contribution < -0.4 is 0 Å². The van der Waals surface area contributed by atoms with Crippen molar-refractivity contribution in [3.8, 4) is 11.3 Å². The van der Waals surface area contributed by atoms with Crippen molar-refractivity contribution in [1.29, 1.82) is 0 Å². The van der Waals surface area contributed by atoms with Crippen LogP contribution in [-0.2, 0) is 6.42 Å². The summed E-state index contributed by atoms with van der Waals surface area (Å²) in [5, 5.41) is 0. The van der Waals surface area contributed by atoms with Gasteiger partial charge in [0, 0.05) is 12.4 Å². The van der Waals surface area contributed by atoms with Crippen LogP contribution in [0.25, 0.3) is 17.5 Å². The third-order valence-electron chi connectivity index (χ3n) is 4.29. The first-order valence-corrected chi connectivity index (χ1v) is 8.74. The Morgan fingerprint density at radius 1 is 0.909 bits per heavy atom. The monoisotopic (exact) mass is 295 g/mol. The SMILES string of the molecule is C=Cn1ccc(CCCCCCCCC)c1-c1ccccc1. The summed E-state index contributed by atoms with van der Waals surface area (Å²) in [5.74, 6) is 0. The fourth-order valence-electron chi connectivity index (χ4n) is 3.05. The smallest absolute Gasteiger partial charge is 0.0553 e. The Hall–Kier alpha value is -1.76. The zero-order chi connectivity index (χ0) is 15.6. The summed E-state index contributed by atoms with van der Waals surface area (Å²) in [6, 6.07) is 12.9. The van der Waals surface area contributed by atoms with Crippen molar-refractivity contribution in [2.45, 2.75) is 58.3 Å². The van der Waals surface area contributed by atoms with Crippen LogP contribution in [0, 0.1) is 0 Å². The lowest BCUT2D eigenvalue weighted by atomic mass is 10.0. The highest BCUT2D eigenvalue weighted by molar-refractivity contribution is 5.66. The minimum atomic E-state index is 1.17. The summed E-state index contributed by atoms with van der Waals surface area (Å²) in [6.07, 6.45) is 14.7. The van der Waals surface area contributed by atoms with Gasteiger partial charge in [-0.1, -0.05) is 82.4 Å². The van der Waals surface area contributed by atoms with Crippen LogP contribution in [-0.4, -0.2) is 4.57 Å². The summed E-state index contributed by atoms with van der Waals surface area (Å²) in [4.78, 5) is 0. The van der Waals surface area contributed by atoms with E-state index in [-0.39, 0.29) is 0 Å². The molecule has 1 heterocycles. The minimum Gasteiger partial charge on any atom is -0.324 e. The number of aromatic nitrogens is 1. The molecule has 0 aliphatic rings. The Labute approximate surface area is 135 Å². The first kappa shape index (κ1) is 16.6. The lowest BCUT2D eigenvalue weighted by molar-refractivity contribution is 0.589. The third kappa shape index (κ3) is 4.62. The van der Waals surface area contributed by atoms with E-state index in [2.05, 4.69) is 60.7 Å². The number of unbranched alkanes of at least 4 members (excludes halogenated alkanes) is 6. The summed E-state index contributed by atoms with van der Waals surface area (Å²) in [7, 11) is 0. The second-order valence-electron chi connectivity index (χ2n) is 6.02. The predicted molar refractivity (Wildman–Crippen MR) is 98.0 cm³/mol. The Balaban J connectivity index is 1.92. The third-order valence-corrected chi connectivity index (χ3v) is 4.29. The fraction of sp³-hybridized carbons (Fsp3) is 0.429. The molecule has 118 valence electrons. The first-order chi connectivity index (χ1) is 10.9. The predicted octanol–water partition coefficient (Wildman–Crippen LogP) is 6.55. The van der Waals surface area contributed by atoms with Crippen molar-refractivity contribution in [2.75, 3.05) is 0 Å². The maximum Gasteiger partial charge on any atom is 0.0553 e. The van der Waals surface area contributed by atoms with E-state index in [4.69, 9.17) is 0 Å². The molecule has 0 unspecified atom stereocenters. The van der Waals surface area contributed by atoms with Crippen molar-refractivity contribution in [1.82, 2.24) is 4.57 Å². The molecule has 2 rings (SSSR count). The number of rotatable bonds is 10. The Morgan fingerprint density at radius 3 is 2.27 bits per heavy atom. The molecule has 0 aliphatic heterocycles. The number of benzene rings is 1. The van der Waals surface area contributed by atoms with Crippen LogP contribution in [0.4, 0.5) is 0 Å². The Bertz CT molecular complexity index is 551. The van der Waals surface area contributed by atoms with Crippen molar-refractivity contribution in [3.63, 3.8) is 0 Å². The van der Waals surface area contributed by atoms with Gasteiger partial charge in [-0.2, -0.15) is 0 Å². The molecule has 0 amide bonds. The van der Waals surface area contributed by atoms with Gasteiger partial charge in [0.25, 0.3) is 0 Å². The summed E-state index contributed by atoms with van der Waals surface area (Å²) in [5.41, 5.74) is 4.03. The highest BCUT2D eigenvalue weighted by Crippen LogP contribution is 2.26. The van der Waals surface area contributed by atoms with Gasteiger partial charge in [0.2, 0.25) is 0 Å². The quantitative estimate of drug-likeness (QED) is 0.438. The van der Waals surface area contributed by atoms with Gasteiger partial charge in [0.15, 0.2) is 0 Å². The van der Waals surface area contributed by atoms with Gasteiger partial charge >= 0.3 is 0 Å². The molecule has 0 bridgehead atoms. The molecule has 0 saturated carbocycles. The van der Waals surface area contributed by atoms with Gasteiger partial charge in [-0.15, -0.1) is 0 Å². The number of hydrogen-bond acceptors (Lipinski definition) is 0. The van der Waals surface area contributed by atoms with Crippen LogP contribution in [0.1, 0.15) is 57.4 Å². The van der Waals surface area contributed by atoms with Crippen LogP contribution in [0.5, 0.6) is 0 Å². The molecule has 0 fully saturated rings. The molecular weight excluding hydrogens is 266 g/mol. The van der Waals surface area contributed by atoms with Crippen molar-refractivity contribution < 1.29 is 0 Å². The Kier molecular flexibility index (Phi) is 7.02. The molecule has 0 N–H and O–H groups in total. The standard InChI is InChI=1S/C21H29N/c1-3-5-6-7-8-9-11-16-20-17-18-22(4-2)21(20)19-14-12-10-13-15-19/h4,10,12-15,17-18H,2-3,5-9,11,16H2,1H3. The van der Waals surface area contributed by atoms with Crippen molar-refractivity contribution >= 4 is 6.20 Å². The molecule has 0 radical (unpaired) electrons. The van der Waals surface area contributed by atoms with Gasteiger partial charge < -0.3 is 4.57 Å².